The predicted octanol–water partition coefficient (Wildman–Crippen LogP) is 1.92. The van der Waals surface area contributed by atoms with E-state index in [0.717, 1.165) is 39.9 Å². The van der Waals surface area contributed by atoms with Crippen molar-refractivity contribution in [3.05, 3.63) is 40.7 Å². The van der Waals surface area contributed by atoms with Crippen molar-refractivity contribution in [2.75, 3.05) is 26.5 Å². The van der Waals surface area contributed by atoms with Crippen LogP contribution in [-0.4, -0.2) is 59.0 Å². The maximum absolute atomic E-state index is 11.9. The fourth-order valence-corrected chi connectivity index (χ4v) is 5.16. The number of hydrogen-bond donors (Lipinski definition) is 0. The van der Waals surface area contributed by atoms with Gasteiger partial charge in [-0.1, -0.05) is 23.5 Å². The Balaban J connectivity index is 1.56. The Kier molecular flexibility index (Phi) is 4.87. The maximum Gasteiger partial charge on any atom is 0.234 e. The molecule has 2 aromatic heterocycles. The van der Waals surface area contributed by atoms with Crippen molar-refractivity contribution in [2.45, 2.75) is 25.2 Å². The number of sulfonamides is 1. The Labute approximate surface area is 161 Å². The van der Waals surface area contributed by atoms with Crippen LogP contribution in [0.5, 0.6) is 5.75 Å². The third kappa shape index (κ3) is 3.83. The molecule has 1 unspecified atom stereocenters. The molecule has 144 valence electrons. The fourth-order valence-electron chi connectivity index (χ4n) is 3.37. The van der Waals surface area contributed by atoms with Crippen LogP contribution in [0.25, 0.3) is 4.96 Å². The Bertz CT molecular complexity index is 1040. The average Bonchev–Trinajstić information content (AvgIpc) is 3.22. The summed E-state index contributed by atoms with van der Waals surface area (Å²) in [5.74, 6) is 1.59. The predicted molar refractivity (Wildman–Crippen MR) is 103 cm³/mol. The van der Waals surface area contributed by atoms with Crippen LogP contribution in [0.2, 0.25) is 0 Å². The number of nitrogens with zero attached hydrogens (tertiary/aromatic N) is 5. The van der Waals surface area contributed by atoms with Crippen LogP contribution >= 0.6 is 11.3 Å². The second-order valence-electron chi connectivity index (χ2n) is 6.73. The van der Waals surface area contributed by atoms with Crippen molar-refractivity contribution in [3.8, 4) is 5.75 Å². The first-order valence-electron chi connectivity index (χ1n) is 8.73. The lowest BCUT2D eigenvalue weighted by Crippen LogP contribution is -2.38. The van der Waals surface area contributed by atoms with Crippen LogP contribution in [0.4, 0.5) is 0 Å². The Morgan fingerprint density at radius 1 is 1.26 bits per heavy atom. The molecule has 3 heterocycles. The van der Waals surface area contributed by atoms with Gasteiger partial charge in [0.1, 0.15) is 10.8 Å². The van der Waals surface area contributed by atoms with Crippen LogP contribution in [0, 0.1) is 0 Å². The zero-order valence-corrected chi connectivity index (χ0v) is 16.8. The summed E-state index contributed by atoms with van der Waals surface area (Å²) < 4.78 is 32.2. The van der Waals surface area contributed by atoms with E-state index in [1.165, 1.54) is 21.9 Å². The lowest BCUT2D eigenvalue weighted by Gasteiger charge is -2.29. The van der Waals surface area contributed by atoms with E-state index in [4.69, 9.17) is 4.74 Å². The minimum Gasteiger partial charge on any atom is -0.497 e. The van der Waals surface area contributed by atoms with Crippen molar-refractivity contribution < 1.29 is 13.2 Å². The van der Waals surface area contributed by atoms with Crippen LogP contribution in [0.15, 0.2) is 24.3 Å². The van der Waals surface area contributed by atoms with Gasteiger partial charge in [0.2, 0.25) is 15.0 Å². The summed E-state index contributed by atoms with van der Waals surface area (Å²) in [6.07, 6.45) is 3.66. The molecule has 0 radical (unpaired) electrons. The average molecular weight is 408 g/mol. The zero-order chi connectivity index (χ0) is 19.0. The Morgan fingerprint density at radius 3 is 2.74 bits per heavy atom. The van der Waals surface area contributed by atoms with E-state index >= 15 is 0 Å². The summed E-state index contributed by atoms with van der Waals surface area (Å²) in [4.78, 5) is 0.741. The molecule has 0 N–H and O–H groups in total. The second kappa shape index (κ2) is 7.17. The topological polar surface area (TPSA) is 89.7 Å². The molecule has 1 aliphatic rings. The maximum atomic E-state index is 11.9. The van der Waals surface area contributed by atoms with E-state index in [2.05, 4.69) is 15.3 Å². The number of fused-ring (bicyclic) bond motifs is 1. The molecule has 0 amide bonds. The van der Waals surface area contributed by atoms with E-state index in [1.54, 1.807) is 11.6 Å². The molecule has 0 bridgehead atoms. The molecule has 1 aromatic carbocycles. The lowest BCUT2D eigenvalue weighted by molar-refractivity contribution is 0.309. The first kappa shape index (κ1) is 18.3. The van der Waals surface area contributed by atoms with E-state index < -0.39 is 10.0 Å². The van der Waals surface area contributed by atoms with Gasteiger partial charge in [0.15, 0.2) is 5.82 Å². The van der Waals surface area contributed by atoms with Gasteiger partial charge in [-0.05, 0) is 30.5 Å². The molecule has 1 fully saturated rings. The molecule has 1 atom stereocenters. The number of rotatable bonds is 5. The molecule has 1 saturated heterocycles. The normalized spacial score (nSPS) is 18.8. The van der Waals surface area contributed by atoms with E-state index in [9.17, 15) is 8.42 Å². The summed E-state index contributed by atoms with van der Waals surface area (Å²) in [5, 5.41) is 14.2. The molecule has 0 saturated carbocycles. The number of methoxy groups -OCH3 is 1. The molecular weight excluding hydrogens is 386 g/mol. The number of aromatic nitrogens is 4. The van der Waals surface area contributed by atoms with Gasteiger partial charge in [0.25, 0.3) is 0 Å². The highest BCUT2D eigenvalue weighted by Gasteiger charge is 2.30. The van der Waals surface area contributed by atoms with Gasteiger partial charge in [-0.25, -0.2) is 12.7 Å². The number of piperidine rings is 1. The summed E-state index contributed by atoms with van der Waals surface area (Å²) in [6, 6.07) is 7.91. The smallest absolute Gasteiger partial charge is 0.234 e. The van der Waals surface area contributed by atoms with Gasteiger partial charge in [-0.2, -0.15) is 9.61 Å². The lowest BCUT2D eigenvalue weighted by atomic mass is 9.99. The SMILES string of the molecule is COc1ccc(Cc2nn3c(C4CCCN(S(C)(=O)=O)C4)nnc3s2)cc1. The Morgan fingerprint density at radius 2 is 2.04 bits per heavy atom. The molecule has 10 heteroatoms. The number of hydrogen-bond acceptors (Lipinski definition) is 7. The van der Waals surface area contributed by atoms with E-state index in [1.807, 2.05) is 24.3 Å². The van der Waals surface area contributed by atoms with E-state index in [-0.39, 0.29) is 5.92 Å². The standard InChI is InChI=1S/C17H21N5O3S2/c1-25-14-7-5-12(6-8-14)10-15-20-22-16(18-19-17(22)26-15)13-4-3-9-21(11-13)27(2,23)24/h5-8,13H,3-4,9-11H2,1-2H3. The molecule has 27 heavy (non-hydrogen) atoms. The van der Waals surface area contributed by atoms with Crippen molar-refractivity contribution in [2.24, 2.45) is 0 Å². The third-order valence-corrected chi connectivity index (χ3v) is 6.96. The molecule has 0 spiro atoms. The van der Waals surface area contributed by atoms with Crippen LogP contribution in [0.1, 0.15) is 35.2 Å². The van der Waals surface area contributed by atoms with Crippen molar-refractivity contribution in [3.63, 3.8) is 0 Å². The first-order chi connectivity index (χ1) is 12.9. The quantitative estimate of drug-likeness (QED) is 0.642. The third-order valence-electron chi connectivity index (χ3n) is 4.79. The second-order valence-corrected chi connectivity index (χ2v) is 9.76. The minimum absolute atomic E-state index is 0.0133. The molecular formula is C17H21N5O3S2. The van der Waals surface area contributed by atoms with Crippen molar-refractivity contribution >= 4 is 26.3 Å². The van der Waals surface area contributed by atoms with Crippen molar-refractivity contribution in [1.29, 1.82) is 0 Å². The minimum atomic E-state index is -3.20. The molecule has 3 aromatic rings. The first-order valence-corrected chi connectivity index (χ1v) is 11.4. The van der Waals surface area contributed by atoms with Gasteiger partial charge in [0.05, 0.1) is 13.4 Å². The highest BCUT2D eigenvalue weighted by molar-refractivity contribution is 7.88. The van der Waals surface area contributed by atoms with Gasteiger partial charge in [-0.15, -0.1) is 10.2 Å². The Hall–Kier alpha value is -2.04. The zero-order valence-electron chi connectivity index (χ0n) is 15.2. The van der Waals surface area contributed by atoms with Gasteiger partial charge in [0, 0.05) is 25.4 Å². The monoisotopic (exact) mass is 407 g/mol. The number of benzene rings is 1. The highest BCUT2D eigenvalue weighted by Crippen LogP contribution is 2.28. The van der Waals surface area contributed by atoms with Gasteiger partial charge in [-0.3, -0.25) is 0 Å². The van der Waals surface area contributed by atoms with Gasteiger partial charge >= 0.3 is 0 Å². The van der Waals surface area contributed by atoms with Crippen LogP contribution < -0.4 is 4.74 Å². The number of ether oxygens (including phenoxy) is 1. The molecule has 4 rings (SSSR count). The summed E-state index contributed by atoms with van der Waals surface area (Å²) in [7, 11) is -1.55. The van der Waals surface area contributed by atoms with Crippen molar-refractivity contribution in [1.82, 2.24) is 24.1 Å². The molecule has 0 aliphatic carbocycles. The fraction of sp³-hybridized carbons (Fsp3) is 0.471. The molecule has 8 nitrogen and oxygen atoms in total. The summed E-state index contributed by atoms with van der Waals surface area (Å²) in [5.41, 5.74) is 1.14. The largest absolute Gasteiger partial charge is 0.497 e. The van der Waals surface area contributed by atoms with E-state index in [0.29, 0.717) is 19.5 Å². The van der Waals surface area contributed by atoms with Crippen LogP contribution in [-0.2, 0) is 16.4 Å². The van der Waals surface area contributed by atoms with Gasteiger partial charge < -0.3 is 4.74 Å². The molecule has 1 aliphatic heterocycles. The highest BCUT2D eigenvalue weighted by atomic mass is 32.2. The summed E-state index contributed by atoms with van der Waals surface area (Å²) in [6.45, 7) is 1.00. The van der Waals surface area contributed by atoms with Crippen LogP contribution in [0.3, 0.4) is 0 Å². The summed E-state index contributed by atoms with van der Waals surface area (Å²) >= 11 is 1.51.